The Bertz CT molecular complexity index is 1240. The summed E-state index contributed by atoms with van der Waals surface area (Å²) < 4.78 is 29.8. The first kappa shape index (κ1) is 28.1. The van der Waals surface area contributed by atoms with Gasteiger partial charge in [0, 0.05) is 24.1 Å². The van der Waals surface area contributed by atoms with Crippen molar-refractivity contribution in [3.05, 3.63) is 83.9 Å². The molecule has 1 N–H and O–H groups in total. The Labute approximate surface area is 224 Å². The summed E-state index contributed by atoms with van der Waals surface area (Å²) in [4.78, 5) is 29.8. The van der Waals surface area contributed by atoms with Crippen molar-refractivity contribution < 1.29 is 28.2 Å². The van der Waals surface area contributed by atoms with E-state index in [9.17, 15) is 14.0 Å². The summed E-state index contributed by atoms with van der Waals surface area (Å²) in [5.41, 5.74) is 0.972. The number of carbonyl (C=O) groups excluding carboxylic acids is 2. The number of carbonyl (C=O) groups is 2. The maximum Gasteiger partial charge on any atom is 0.328 e. The molecule has 194 valence electrons. The van der Waals surface area contributed by atoms with Crippen LogP contribution in [0.25, 0.3) is 0 Å². The molecule has 0 amide bonds. The molecule has 0 unspecified atom stereocenters. The van der Waals surface area contributed by atoms with Crippen LogP contribution >= 0.6 is 24.0 Å². The van der Waals surface area contributed by atoms with Gasteiger partial charge in [-0.15, -0.1) is 11.8 Å². The number of halogens is 1. The molecule has 0 saturated carbocycles. The van der Waals surface area contributed by atoms with Gasteiger partial charge in [-0.05, 0) is 43.7 Å². The molecule has 0 saturated heterocycles. The third-order valence-electron chi connectivity index (χ3n) is 5.18. The third kappa shape index (κ3) is 7.74. The molecular formula is C27H27FN2O5S2. The maximum atomic E-state index is 13.5. The quantitative estimate of drug-likeness (QED) is 0.209. The monoisotopic (exact) mass is 542 g/mol. The number of rotatable bonds is 10. The lowest BCUT2D eigenvalue weighted by Gasteiger charge is -2.26. The van der Waals surface area contributed by atoms with E-state index < -0.39 is 24.1 Å². The van der Waals surface area contributed by atoms with Crippen molar-refractivity contribution in [3.63, 3.8) is 0 Å². The first-order valence-corrected chi connectivity index (χ1v) is 12.7. The van der Waals surface area contributed by atoms with Crippen LogP contribution in [0.3, 0.4) is 0 Å². The zero-order valence-electron chi connectivity index (χ0n) is 20.8. The second-order valence-electron chi connectivity index (χ2n) is 8.02. The summed E-state index contributed by atoms with van der Waals surface area (Å²) in [5.74, 6) is -1.14. The normalized spacial score (nSPS) is 13.1. The van der Waals surface area contributed by atoms with Gasteiger partial charge in [0.15, 0.2) is 5.75 Å². The van der Waals surface area contributed by atoms with E-state index in [2.05, 4.69) is 10.3 Å². The summed E-state index contributed by atoms with van der Waals surface area (Å²) in [7, 11) is 1.43. The molecule has 10 heteroatoms. The average molecular weight is 543 g/mol. The van der Waals surface area contributed by atoms with Crippen molar-refractivity contribution in [1.29, 1.82) is 0 Å². The fraction of sp³-hybridized carbons (Fsp3) is 0.259. The Morgan fingerprint density at radius 3 is 2.35 bits per heavy atom. The summed E-state index contributed by atoms with van der Waals surface area (Å²) >= 11 is 6.95. The topological polar surface area (TPSA) is 86.8 Å². The molecular weight excluding hydrogens is 515 g/mol. The van der Waals surface area contributed by atoms with Crippen LogP contribution in [-0.2, 0) is 14.3 Å². The molecule has 37 heavy (non-hydrogen) atoms. The minimum Gasteiger partial charge on any atom is -0.493 e. The molecule has 7 nitrogen and oxygen atoms in total. The van der Waals surface area contributed by atoms with Gasteiger partial charge < -0.3 is 19.5 Å². The van der Waals surface area contributed by atoms with Crippen molar-refractivity contribution in [2.75, 3.05) is 7.11 Å². The van der Waals surface area contributed by atoms with Crippen molar-refractivity contribution in [2.45, 2.75) is 43.1 Å². The van der Waals surface area contributed by atoms with Crippen LogP contribution in [0, 0.1) is 5.82 Å². The highest BCUT2D eigenvalue weighted by Crippen LogP contribution is 2.39. The predicted octanol–water partition coefficient (Wildman–Crippen LogP) is 5.27. The number of methoxy groups -OCH3 is 1. The van der Waals surface area contributed by atoms with Gasteiger partial charge in [-0.3, -0.25) is 4.79 Å². The van der Waals surface area contributed by atoms with Gasteiger partial charge in [-0.25, -0.2) is 14.2 Å². The zero-order valence-corrected chi connectivity index (χ0v) is 22.4. The molecule has 2 aromatic carbocycles. The number of thiocarbonyl (C=S) groups is 1. The highest BCUT2D eigenvalue weighted by molar-refractivity contribution is 7.99. The number of esters is 2. The largest absolute Gasteiger partial charge is 0.493 e. The van der Waals surface area contributed by atoms with Gasteiger partial charge in [0.05, 0.1) is 12.4 Å². The number of nitrogens with one attached hydrogen (secondary N) is 1. The van der Waals surface area contributed by atoms with Gasteiger partial charge in [-0.2, -0.15) is 0 Å². The fourth-order valence-corrected chi connectivity index (χ4v) is 4.87. The molecule has 0 aliphatic heterocycles. The van der Waals surface area contributed by atoms with Crippen LogP contribution < -0.4 is 14.8 Å². The molecule has 3 rings (SSSR count). The first-order chi connectivity index (χ1) is 17.7. The second kappa shape index (κ2) is 13.2. The van der Waals surface area contributed by atoms with Crippen LogP contribution in [0.2, 0.25) is 0 Å². The Morgan fingerprint density at radius 1 is 1.05 bits per heavy atom. The van der Waals surface area contributed by atoms with Crippen LogP contribution in [0.4, 0.5) is 4.39 Å². The number of aromatic nitrogens is 1. The van der Waals surface area contributed by atoms with E-state index in [1.54, 1.807) is 26.0 Å². The number of pyridine rings is 1. The van der Waals surface area contributed by atoms with E-state index >= 15 is 0 Å². The number of hydrogen-bond donors (Lipinski definition) is 1. The predicted molar refractivity (Wildman–Crippen MR) is 143 cm³/mol. The third-order valence-corrected chi connectivity index (χ3v) is 6.95. The van der Waals surface area contributed by atoms with Gasteiger partial charge >= 0.3 is 11.9 Å². The van der Waals surface area contributed by atoms with Gasteiger partial charge in [0.2, 0.25) is 5.75 Å². The molecule has 0 bridgehead atoms. The van der Waals surface area contributed by atoms with Gasteiger partial charge in [0.1, 0.15) is 28.6 Å². The summed E-state index contributed by atoms with van der Waals surface area (Å²) in [6.07, 6.45) is 0.890. The van der Waals surface area contributed by atoms with Gasteiger partial charge in [-0.1, -0.05) is 42.5 Å². The molecule has 0 fully saturated rings. The second-order valence-corrected chi connectivity index (χ2v) is 9.65. The molecule has 3 atom stereocenters. The number of hydrogen-bond acceptors (Lipinski definition) is 8. The van der Waals surface area contributed by atoms with Crippen molar-refractivity contribution in [1.82, 2.24) is 10.3 Å². The average Bonchev–Trinajstić information content (AvgIpc) is 2.88. The molecule has 3 aromatic rings. The Balaban J connectivity index is 1.74. The van der Waals surface area contributed by atoms with Gasteiger partial charge in [0.25, 0.3) is 0 Å². The van der Waals surface area contributed by atoms with Crippen LogP contribution in [0.5, 0.6) is 11.5 Å². The standard InChI is InChI=1S/C27H27FN2O5S2/c1-16(30-26(36)23-24(35-18(3)31)22(33-4)14-15-29-23)27(32)34-17(2)25(19-10-12-20(28)13-11-19)37-21-8-6-5-7-9-21/h5-17,25H,1-4H3,(H,30,36)/t16-,17-,25-/m0/s1. The number of ether oxygens (including phenoxy) is 3. The van der Waals surface area contributed by atoms with E-state index in [0.29, 0.717) is 0 Å². The molecule has 0 radical (unpaired) electrons. The SMILES string of the molecule is COc1ccnc(C(=S)N[C@@H](C)C(=O)O[C@@H](C)[C@H](Sc2ccccc2)c2ccc(F)cc2)c1OC(C)=O. The molecule has 0 spiro atoms. The first-order valence-electron chi connectivity index (χ1n) is 11.4. The molecule has 0 aliphatic rings. The van der Waals surface area contributed by atoms with Crippen LogP contribution in [-0.4, -0.2) is 41.2 Å². The van der Waals surface area contributed by atoms with Crippen LogP contribution in [0.1, 0.15) is 37.3 Å². The van der Waals surface area contributed by atoms with E-state index in [4.69, 9.17) is 26.4 Å². The van der Waals surface area contributed by atoms with Crippen molar-refractivity contribution >= 4 is 40.9 Å². The lowest BCUT2D eigenvalue weighted by Crippen LogP contribution is -2.41. The highest BCUT2D eigenvalue weighted by Gasteiger charge is 2.28. The Hall–Kier alpha value is -3.50. The minimum absolute atomic E-state index is 0.0552. The number of benzene rings is 2. The number of thioether (sulfide) groups is 1. The summed E-state index contributed by atoms with van der Waals surface area (Å²) in [6, 6.07) is 16.5. The van der Waals surface area contributed by atoms with E-state index in [1.807, 2.05) is 30.3 Å². The van der Waals surface area contributed by atoms with Crippen molar-refractivity contribution in [2.24, 2.45) is 0 Å². The van der Waals surface area contributed by atoms with Crippen molar-refractivity contribution in [3.8, 4) is 11.5 Å². The number of nitrogens with zero attached hydrogens (tertiary/aromatic N) is 1. The Kier molecular flexibility index (Phi) is 9.99. The fourth-order valence-electron chi connectivity index (χ4n) is 3.40. The van der Waals surface area contributed by atoms with E-state index in [1.165, 1.54) is 50.2 Å². The van der Waals surface area contributed by atoms with Crippen LogP contribution in [0.15, 0.2) is 71.8 Å². The maximum absolute atomic E-state index is 13.5. The lowest BCUT2D eigenvalue weighted by molar-refractivity contribution is -0.150. The lowest BCUT2D eigenvalue weighted by atomic mass is 10.1. The van der Waals surface area contributed by atoms with E-state index in [-0.39, 0.29) is 33.2 Å². The summed E-state index contributed by atoms with van der Waals surface area (Å²) in [5, 5.41) is 2.60. The molecule has 0 aliphatic carbocycles. The smallest absolute Gasteiger partial charge is 0.328 e. The van der Waals surface area contributed by atoms with E-state index in [0.717, 1.165) is 10.5 Å². The highest BCUT2D eigenvalue weighted by atomic mass is 32.2. The zero-order chi connectivity index (χ0) is 26.9. The molecule has 1 heterocycles. The Morgan fingerprint density at radius 2 is 1.73 bits per heavy atom. The minimum atomic E-state index is -0.844. The summed E-state index contributed by atoms with van der Waals surface area (Å²) in [6.45, 7) is 4.64. The molecule has 1 aromatic heterocycles.